The largest absolute Gasteiger partial charge is 0.444 e. The number of aromatic nitrogens is 3. The average Bonchev–Trinajstić information content (AvgIpc) is 3.08. The lowest BCUT2D eigenvalue weighted by Gasteiger charge is -2.33. The number of halogens is 2. The Morgan fingerprint density at radius 2 is 2.03 bits per heavy atom. The van der Waals surface area contributed by atoms with Crippen molar-refractivity contribution in [1.29, 1.82) is 5.26 Å². The van der Waals surface area contributed by atoms with Crippen molar-refractivity contribution < 1.29 is 23.0 Å². The zero-order valence-electron chi connectivity index (χ0n) is 20.4. The Kier molecular flexibility index (Phi) is 6.94. The van der Waals surface area contributed by atoms with Gasteiger partial charge in [0, 0.05) is 19.3 Å². The third-order valence-electron chi connectivity index (χ3n) is 5.54. The van der Waals surface area contributed by atoms with Gasteiger partial charge in [-0.2, -0.15) is 9.65 Å². The van der Waals surface area contributed by atoms with E-state index in [0.29, 0.717) is 29.6 Å². The van der Waals surface area contributed by atoms with E-state index in [1.807, 2.05) is 6.07 Å². The summed E-state index contributed by atoms with van der Waals surface area (Å²) < 4.78 is 41.2. The summed E-state index contributed by atoms with van der Waals surface area (Å²) in [6, 6.07) is 6.97. The van der Waals surface area contributed by atoms with Crippen LogP contribution in [0.2, 0.25) is 0 Å². The highest BCUT2D eigenvalue weighted by atomic mass is 19.1. The molecule has 10 nitrogen and oxygen atoms in total. The summed E-state index contributed by atoms with van der Waals surface area (Å²) in [5, 5.41) is 22.3. The van der Waals surface area contributed by atoms with Crippen molar-refractivity contribution in [2.75, 3.05) is 23.8 Å². The van der Waals surface area contributed by atoms with Crippen molar-refractivity contribution in [1.82, 2.24) is 20.1 Å². The lowest BCUT2D eigenvalue weighted by atomic mass is 10.0. The number of rotatable bonds is 5. The van der Waals surface area contributed by atoms with Crippen LogP contribution in [0.5, 0.6) is 0 Å². The maximum atomic E-state index is 14.9. The fourth-order valence-corrected chi connectivity index (χ4v) is 3.90. The highest BCUT2D eigenvalue weighted by molar-refractivity contribution is 5.84. The van der Waals surface area contributed by atoms with Crippen molar-refractivity contribution in [3.63, 3.8) is 0 Å². The van der Waals surface area contributed by atoms with E-state index in [-0.39, 0.29) is 23.8 Å². The van der Waals surface area contributed by atoms with Crippen LogP contribution in [0.4, 0.5) is 30.9 Å². The van der Waals surface area contributed by atoms with Gasteiger partial charge < -0.3 is 25.4 Å². The van der Waals surface area contributed by atoms with E-state index in [2.05, 4.69) is 26.0 Å². The summed E-state index contributed by atoms with van der Waals surface area (Å²) >= 11 is 0. The minimum atomic E-state index is -0.728. The quantitative estimate of drug-likeness (QED) is 0.482. The Bertz CT molecular complexity index is 1330. The lowest BCUT2D eigenvalue weighted by Crippen LogP contribution is -2.53. The standard InChI is InChI=1S/C24H27F2N7O3/c1-24(2,3)36-23(34)30-18-12-35-8-7-17(18)29-22-16(25)9-13(11-27)21(31-22)28-14-5-6-19-15(10-14)20(26)32-33(19)4/h5-6,9-10,17-18H,7-8,12H2,1-4H3,(H,30,34)(H2,28,29,31)/t17-,18+/m1/s1. The maximum Gasteiger partial charge on any atom is 0.408 e. The Balaban J connectivity index is 1.57. The van der Waals surface area contributed by atoms with E-state index in [1.165, 1.54) is 10.7 Å². The van der Waals surface area contributed by atoms with E-state index < -0.39 is 35.5 Å². The zero-order valence-corrected chi connectivity index (χ0v) is 20.4. The summed E-state index contributed by atoms with van der Waals surface area (Å²) in [7, 11) is 1.63. The molecule has 0 spiro atoms. The molecule has 1 aromatic carbocycles. The number of aryl methyl sites for hydroxylation is 1. The normalized spacial score (nSPS) is 17.9. The molecule has 12 heteroatoms. The summed E-state index contributed by atoms with van der Waals surface area (Å²) in [6.45, 7) is 5.88. The first kappa shape index (κ1) is 25.1. The zero-order chi connectivity index (χ0) is 26.0. The van der Waals surface area contributed by atoms with E-state index in [4.69, 9.17) is 9.47 Å². The molecule has 3 heterocycles. The number of nitrogens with zero attached hydrogens (tertiary/aromatic N) is 4. The number of alkyl carbamates (subject to hydrolysis) is 1. The topological polar surface area (TPSA) is 126 Å². The molecule has 36 heavy (non-hydrogen) atoms. The first-order valence-corrected chi connectivity index (χ1v) is 11.4. The first-order valence-electron chi connectivity index (χ1n) is 11.4. The molecule has 4 rings (SSSR count). The Hall–Kier alpha value is -3.98. The second-order valence-corrected chi connectivity index (χ2v) is 9.47. The Morgan fingerprint density at radius 3 is 2.75 bits per heavy atom. The molecule has 1 saturated heterocycles. The highest BCUT2D eigenvalue weighted by Crippen LogP contribution is 2.27. The van der Waals surface area contributed by atoms with Crippen LogP contribution in [-0.4, -0.2) is 51.8 Å². The van der Waals surface area contributed by atoms with Crippen molar-refractivity contribution in [3.8, 4) is 6.07 Å². The number of ether oxygens (including phenoxy) is 2. The van der Waals surface area contributed by atoms with E-state index in [0.717, 1.165) is 6.07 Å². The van der Waals surface area contributed by atoms with Gasteiger partial charge in [0.25, 0.3) is 0 Å². The van der Waals surface area contributed by atoms with E-state index in [9.17, 15) is 18.8 Å². The van der Waals surface area contributed by atoms with Crippen molar-refractivity contribution in [2.45, 2.75) is 44.9 Å². The molecule has 3 aromatic rings. The summed E-state index contributed by atoms with van der Waals surface area (Å²) in [4.78, 5) is 16.6. The molecule has 0 radical (unpaired) electrons. The number of anilines is 3. The smallest absolute Gasteiger partial charge is 0.408 e. The highest BCUT2D eigenvalue weighted by Gasteiger charge is 2.30. The number of hydrogen-bond acceptors (Lipinski definition) is 8. The lowest BCUT2D eigenvalue weighted by molar-refractivity contribution is 0.0317. The van der Waals surface area contributed by atoms with Gasteiger partial charge in [0.15, 0.2) is 17.5 Å². The minimum Gasteiger partial charge on any atom is -0.444 e. The van der Waals surface area contributed by atoms with Crippen molar-refractivity contribution in [3.05, 3.63) is 41.6 Å². The van der Waals surface area contributed by atoms with Gasteiger partial charge in [-0.1, -0.05) is 0 Å². The number of benzene rings is 1. The van der Waals surface area contributed by atoms with Crippen LogP contribution in [0.1, 0.15) is 32.8 Å². The van der Waals surface area contributed by atoms with Crippen LogP contribution in [0, 0.1) is 23.1 Å². The molecule has 2 aromatic heterocycles. The first-order chi connectivity index (χ1) is 17.0. The average molecular weight is 500 g/mol. The van der Waals surface area contributed by atoms with Gasteiger partial charge in [-0.05, 0) is 51.5 Å². The minimum absolute atomic E-state index is 0.0276. The fraction of sp³-hybridized carbons (Fsp3) is 0.417. The van der Waals surface area contributed by atoms with Gasteiger partial charge in [-0.3, -0.25) is 4.68 Å². The number of amides is 1. The van der Waals surface area contributed by atoms with Crippen LogP contribution in [0.15, 0.2) is 24.3 Å². The second-order valence-electron chi connectivity index (χ2n) is 9.47. The van der Waals surface area contributed by atoms with Gasteiger partial charge in [0.05, 0.1) is 35.2 Å². The monoisotopic (exact) mass is 499 g/mol. The van der Waals surface area contributed by atoms with Gasteiger partial charge in [0.2, 0.25) is 5.95 Å². The molecule has 0 saturated carbocycles. The Morgan fingerprint density at radius 1 is 1.25 bits per heavy atom. The molecule has 0 bridgehead atoms. The number of pyridine rings is 1. The number of carbonyl (C=O) groups excluding carboxylic acids is 1. The molecular weight excluding hydrogens is 472 g/mol. The van der Waals surface area contributed by atoms with Crippen LogP contribution >= 0.6 is 0 Å². The van der Waals surface area contributed by atoms with Gasteiger partial charge in [-0.15, -0.1) is 5.10 Å². The number of nitrogens with one attached hydrogen (secondary N) is 3. The summed E-state index contributed by atoms with van der Waals surface area (Å²) in [6.07, 6.45) is -0.139. The third kappa shape index (κ3) is 5.63. The molecular formula is C24H27F2N7O3. The van der Waals surface area contributed by atoms with Crippen LogP contribution < -0.4 is 16.0 Å². The van der Waals surface area contributed by atoms with Gasteiger partial charge in [0.1, 0.15) is 11.7 Å². The number of hydrogen-bond donors (Lipinski definition) is 3. The molecule has 190 valence electrons. The molecule has 2 atom stereocenters. The van der Waals surface area contributed by atoms with Gasteiger partial charge in [-0.25, -0.2) is 14.2 Å². The molecule has 1 aliphatic rings. The molecule has 0 aliphatic carbocycles. The summed E-state index contributed by atoms with van der Waals surface area (Å²) in [5.41, 5.74) is 0.341. The van der Waals surface area contributed by atoms with E-state index >= 15 is 0 Å². The number of fused-ring (bicyclic) bond motifs is 1. The maximum absolute atomic E-state index is 14.9. The molecule has 3 N–H and O–H groups in total. The molecule has 1 aliphatic heterocycles. The van der Waals surface area contributed by atoms with Crippen molar-refractivity contribution in [2.24, 2.45) is 7.05 Å². The third-order valence-corrected chi connectivity index (χ3v) is 5.54. The van der Waals surface area contributed by atoms with E-state index in [1.54, 1.807) is 40.0 Å². The fourth-order valence-electron chi connectivity index (χ4n) is 3.90. The van der Waals surface area contributed by atoms with Gasteiger partial charge >= 0.3 is 6.09 Å². The Labute approximate surface area is 206 Å². The molecule has 0 unspecified atom stereocenters. The summed E-state index contributed by atoms with van der Waals surface area (Å²) in [5.74, 6) is -1.37. The number of nitriles is 1. The van der Waals surface area contributed by atoms with Crippen LogP contribution in [0.3, 0.4) is 0 Å². The second kappa shape index (κ2) is 9.94. The predicted octanol–water partition coefficient (Wildman–Crippen LogP) is 3.96. The SMILES string of the molecule is Cn1nc(F)c2cc(Nc3nc(N[C@@H]4CCOC[C@@H]4NC(=O)OC(C)(C)C)c(F)cc3C#N)ccc21. The number of carbonyl (C=O) groups is 1. The van der Waals surface area contributed by atoms with Crippen LogP contribution in [0.25, 0.3) is 10.9 Å². The van der Waals surface area contributed by atoms with Crippen molar-refractivity contribution >= 4 is 34.3 Å². The molecule has 1 fully saturated rings. The predicted molar refractivity (Wildman–Crippen MR) is 129 cm³/mol. The van der Waals surface area contributed by atoms with Crippen LogP contribution in [-0.2, 0) is 16.5 Å². The molecule has 1 amide bonds.